The minimum absolute atomic E-state index is 1.14. The highest BCUT2D eigenvalue weighted by Gasteiger charge is 2.21. The second-order valence-corrected chi connectivity index (χ2v) is 13.3. The summed E-state index contributed by atoms with van der Waals surface area (Å²) in [5.74, 6) is 0. The Morgan fingerprint density at radius 1 is 0.275 bits per heavy atom. The van der Waals surface area contributed by atoms with Crippen LogP contribution in [0.5, 0.6) is 0 Å². The molecule has 0 atom stereocenters. The largest absolute Gasteiger partial charge is 0.309 e. The maximum absolute atomic E-state index is 2.45. The molecule has 0 bridgehead atoms. The number of fused-ring (bicyclic) bond motifs is 10. The van der Waals surface area contributed by atoms with Crippen LogP contribution in [0.2, 0.25) is 0 Å². The van der Waals surface area contributed by atoms with Gasteiger partial charge in [-0.15, -0.1) is 0 Å². The third kappa shape index (κ3) is 4.00. The fraction of sp³-hybridized carbons (Fsp3) is 0. The fourth-order valence-corrected chi connectivity index (χ4v) is 8.56. The predicted octanol–water partition coefficient (Wildman–Crippen LogP) is 12.6. The van der Waals surface area contributed by atoms with Gasteiger partial charge in [-0.25, -0.2) is 0 Å². The average Bonchev–Trinajstić information content (AvgIpc) is 3.84. The van der Waals surface area contributed by atoms with E-state index >= 15 is 0 Å². The Labute approximate surface area is 294 Å². The highest BCUT2D eigenvalue weighted by molar-refractivity contribution is 6.26. The Balaban J connectivity index is 1.20. The van der Waals surface area contributed by atoms with Gasteiger partial charge in [0.1, 0.15) is 0 Å². The third-order valence-electron chi connectivity index (χ3n) is 10.6. The number of rotatable bonds is 4. The lowest BCUT2D eigenvalue weighted by molar-refractivity contribution is 1.17. The van der Waals surface area contributed by atoms with Crippen LogP contribution in [0.4, 0.5) is 0 Å². The molecule has 3 aromatic heterocycles. The maximum Gasteiger partial charge on any atom is 0.0641 e. The van der Waals surface area contributed by atoms with Crippen molar-refractivity contribution in [3.8, 4) is 28.2 Å². The molecule has 0 aliphatic carbocycles. The zero-order valence-corrected chi connectivity index (χ0v) is 27.7. The summed E-state index contributed by atoms with van der Waals surface area (Å²) in [6.45, 7) is 0. The quantitative estimate of drug-likeness (QED) is 0.180. The number of hydrogen-bond donors (Lipinski definition) is 0. The van der Waals surface area contributed by atoms with Gasteiger partial charge in [0.05, 0.1) is 33.1 Å². The van der Waals surface area contributed by atoms with E-state index in [1.54, 1.807) is 0 Å². The van der Waals surface area contributed by atoms with Gasteiger partial charge in [-0.1, -0.05) is 121 Å². The number of hydrogen-bond acceptors (Lipinski definition) is 0. The van der Waals surface area contributed by atoms with E-state index in [2.05, 4.69) is 202 Å². The first-order valence-corrected chi connectivity index (χ1v) is 17.5. The van der Waals surface area contributed by atoms with E-state index in [1.807, 2.05) is 0 Å². The lowest BCUT2D eigenvalue weighted by atomic mass is 9.99. The summed E-state index contributed by atoms with van der Waals surface area (Å²) in [6, 6.07) is 68.3. The highest BCUT2D eigenvalue weighted by Crippen LogP contribution is 2.43. The SMILES string of the molecule is c1ccc(-n2c3ccccc3c3c(-c4cccc(-n5c6ccccc6c6c5ccc5c7ccccc7n(-c7ccccc7)c56)c4)cccc32)cc1. The van der Waals surface area contributed by atoms with Crippen molar-refractivity contribution in [1.29, 1.82) is 0 Å². The maximum atomic E-state index is 2.45. The van der Waals surface area contributed by atoms with Gasteiger partial charge in [-0.05, 0) is 77.9 Å². The molecule has 8 aromatic carbocycles. The molecule has 11 aromatic rings. The van der Waals surface area contributed by atoms with Crippen LogP contribution in [0, 0.1) is 0 Å². The summed E-state index contributed by atoms with van der Waals surface area (Å²) in [7, 11) is 0. The molecule has 0 N–H and O–H groups in total. The fourth-order valence-electron chi connectivity index (χ4n) is 8.56. The topological polar surface area (TPSA) is 14.8 Å². The van der Waals surface area contributed by atoms with Crippen molar-refractivity contribution < 1.29 is 0 Å². The van der Waals surface area contributed by atoms with Gasteiger partial charge >= 0.3 is 0 Å². The van der Waals surface area contributed by atoms with Crippen molar-refractivity contribution in [3.63, 3.8) is 0 Å². The Morgan fingerprint density at radius 3 is 1.47 bits per heavy atom. The minimum atomic E-state index is 1.14. The number of benzene rings is 8. The standard InChI is InChI=1S/C48H31N3/c1-3-16-33(17-4-1)49-42-26-11-8-22-39(42)46-36(24-14-28-44(46)49)32-15-13-20-35(31-32)50-43-27-12-9-23-40(43)47-45(50)30-29-38-37-21-7-10-25-41(37)51(48(38)47)34-18-5-2-6-19-34/h1-31H. The lowest BCUT2D eigenvalue weighted by Crippen LogP contribution is -1.96. The Morgan fingerprint density at radius 2 is 0.765 bits per heavy atom. The highest BCUT2D eigenvalue weighted by atomic mass is 15.0. The van der Waals surface area contributed by atoms with Crippen molar-refractivity contribution in [2.24, 2.45) is 0 Å². The molecule has 3 heterocycles. The molecule has 0 radical (unpaired) electrons. The van der Waals surface area contributed by atoms with Crippen molar-refractivity contribution in [2.45, 2.75) is 0 Å². The molecule has 0 unspecified atom stereocenters. The van der Waals surface area contributed by atoms with Crippen LogP contribution in [0.25, 0.3) is 93.6 Å². The summed E-state index contributed by atoms with van der Waals surface area (Å²) in [6.07, 6.45) is 0. The van der Waals surface area contributed by atoms with Gasteiger partial charge in [0.25, 0.3) is 0 Å². The summed E-state index contributed by atoms with van der Waals surface area (Å²) >= 11 is 0. The first-order chi connectivity index (χ1) is 25.3. The smallest absolute Gasteiger partial charge is 0.0641 e. The zero-order chi connectivity index (χ0) is 33.5. The van der Waals surface area contributed by atoms with Crippen LogP contribution in [0.15, 0.2) is 188 Å². The van der Waals surface area contributed by atoms with Gasteiger partial charge in [0.15, 0.2) is 0 Å². The van der Waals surface area contributed by atoms with E-state index in [0.717, 1.165) is 11.4 Å². The van der Waals surface area contributed by atoms with Gasteiger partial charge < -0.3 is 13.7 Å². The summed E-state index contributed by atoms with van der Waals surface area (Å²) in [5.41, 5.74) is 13.2. The van der Waals surface area contributed by atoms with Crippen LogP contribution >= 0.6 is 0 Å². The monoisotopic (exact) mass is 649 g/mol. The third-order valence-corrected chi connectivity index (χ3v) is 10.6. The van der Waals surface area contributed by atoms with Gasteiger partial charge in [-0.2, -0.15) is 0 Å². The molecule has 0 aliphatic rings. The molecule has 0 spiro atoms. The Hall–Kier alpha value is -6.84. The van der Waals surface area contributed by atoms with E-state index in [1.165, 1.54) is 82.2 Å². The zero-order valence-electron chi connectivity index (χ0n) is 27.7. The molecular weight excluding hydrogens is 619 g/mol. The molecular formula is C48H31N3. The first-order valence-electron chi connectivity index (χ1n) is 17.5. The molecule has 0 aliphatic heterocycles. The van der Waals surface area contributed by atoms with E-state index in [0.29, 0.717) is 0 Å². The second kappa shape index (κ2) is 10.8. The number of nitrogens with zero attached hydrogens (tertiary/aromatic N) is 3. The summed E-state index contributed by atoms with van der Waals surface area (Å²) in [4.78, 5) is 0. The summed E-state index contributed by atoms with van der Waals surface area (Å²) in [5, 5.41) is 7.56. The van der Waals surface area contributed by atoms with E-state index in [9.17, 15) is 0 Å². The molecule has 0 amide bonds. The lowest BCUT2D eigenvalue weighted by Gasteiger charge is -2.12. The summed E-state index contributed by atoms with van der Waals surface area (Å²) < 4.78 is 7.29. The molecule has 0 saturated heterocycles. The van der Waals surface area contributed by atoms with Crippen molar-refractivity contribution >= 4 is 65.4 Å². The van der Waals surface area contributed by atoms with Gasteiger partial charge in [0.2, 0.25) is 0 Å². The molecule has 51 heavy (non-hydrogen) atoms. The van der Waals surface area contributed by atoms with E-state index in [4.69, 9.17) is 0 Å². The van der Waals surface area contributed by atoms with Crippen LogP contribution in [0.1, 0.15) is 0 Å². The van der Waals surface area contributed by atoms with Crippen LogP contribution < -0.4 is 0 Å². The molecule has 3 nitrogen and oxygen atoms in total. The molecule has 238 valence electrons. The Bertz CT molecular complexity index is 3120. The normalized spacial score (nSPS) is 11.9. The van der Waals surface area contributed by atoms with Gasteiger partial charge in [-0.3, -0.25) is 0 Å². The van der Waals surface area contributed by atoms with E-state index < -0.39 is 0 Å². The first kappa shape index (κ1) is 28.0. The molecule has 0 fully saturated rings. The molecule has 3 heteroatoms. The second-order valence-electron chi connectivity index (χ2n) is 13.3. The Kier molecular flexibility index (Phi) is 5.96. The average molecular weight is 650 g/mol. The van der Waals surface area contributed by atoms with Crippen LogP contribution in [0.3, 0.4) is 0 Å². The molecule has 0 saturated carbocycles. The number of para-hydroxylation sites is 5. The van der Waals surface area contributed by atoms with Crippen LogP contribution in [-0.4, -0.2) is 13.7 Å². The van der Waals surface area contributed by atoms with E-state index in [-0.39, 0.29) is 0 Å². The van der Waals surface area contributed by atoms with Crippen LogP contribution in [-0.2, 0) is 0 Å². The van der Waals surface area contributed by atoms with Crippen molar-refractivity contribution in [3.05, 3.63) is 188 Å². The molecule has 11 rings (SSSR count). The predicted molar refractivity (Wildman–Crippen MR) is 215 cm³/mol. The number of aromatic nitrogens is 3. The van der Waals surface area contributed by atoms with Crippen molar-refractivity contribution in [2.75, 3.05) is 0 Å². The van der Waals surface area contributed by atoms with Crippen molar-refractivity contribution in [1.82, 2.24) is 13.7 Å². The minimum Gasteiger partial charge on any atom is -0.309 e. The van der Waals surface area contributed by atoms with Gasteiger partial charge in [0, 0.05) is 49.4 Å².